The lowest BCUT2D eigenvalue weighted by molar-refractivity contribution is -0.185. The maximum absolute atomic E-state index is 14.5. The van der Waals surface area contributed by atoms with Gasteiger partial charge in [-0.15, -0.1) is 0 Å². The second-order valence-electron chi connectivity index (χ2n) is 8.40. The fourth-order valence-corrected chi connectivity index (χ4v) is 4.38. The molecule has 1 fully saturated rings. The van der Waals surface area contributed by atoms with Crippen LogP contribution in [0.15, 0.2) is 36.4 Å². The molecule has 0 saturated heterocycles. The molecule has 0 bridgehead atoms. The van der Waals surface area contributed by atoms with Crippen molar-refractivity contribution in [1.82, 2.24) is 0 Å². The van der Waals surface area contributed by atoms with Gasteiger partial charge in [0.05, 0.1) is 5.56 Å². The Morgan fingerprint density at radius 1 is 0.968 bits per heavy atom. The minimum atomic E-state index is -3.76. The summed E-state index contributed by atoms with van der Waals surface area (Å²) >= 11 is 0. The largest absolute Gasteiger partial charge is 0.429 e. The summed E-state index contributed by atoms with van der Waals surface area (Å²) in [5, 5.41) is 8.67. The highest BCUT2D eigenvalue weighted by molar-refractivity contribution is 5.38. The van der Waals surface area contributed by atoms with Crippen molar-refractivity contribution in [3.63, 3.8) is 0 Å². The zero-order chi connectivity index (χ0) is 22.4. The van der Waals surface area contributed by atoms with E-state index < -0.39 is 34.6 Å². The van der Waals surface area contributed by atoms with E-state index in [1.807, 2.05) is 0 Å². The van der Waals surface area contributed by atoms with Crippen molar-refractivity contribution in [2.75, 3.05) is 0 Å². The fraction of sp³-hybridized carbons (Fsp3) is 0.480. The molecule has 6 heteroatoms. The molecule has 2 nitrogen and oxygen atoms in total. The lowest BCUT2D eigenvalue weighted by Gasteiger charge is -2.28. The van der Waals surface area contributed by atoms with Crippen LogP contribution in [0.3, 0.4) is 0 Å². The zero-order valence-corrected chi connectivity index (χ0v) is 17.6. The maximum atomic E-state index is 14.5. The van der Waals surface area contributed by atoms with Crippen LogP contribution in [0.2, 0.25) is 0 Å². The molecule has 1 aliphatic rings. The van der Waals surface area contributed by atoms with E-state index in [1.165, 1.54) is 56.7 Å². The van der Waals surface area contributed by atoms with Gasteiger partial charge < -0.3 is 4.74 Å². The van der Waals surface area contributed by atoms with Crippen molar-refractivity contribution < 1.29 is 22.3 Å². The van der Waals surface area contributed by atoms with Crippen molar-refractivity contribution in [3.8, 4) is 11.8 Å². The summed E-state index contributed by atoms with van der Waals surface area (Å²) in [5.74, 6) is -1.61. The molecular formula is C25H27F4NO. The molecule has 1 saturated carbocycles. The second kappa shape index (κ2) is 10.2. The molecule has 0 atom stereocenters. The fourth-order valence-electron chi connectivity index (χ4n) is 4.38. The van der Waals surface area contributed by atoms with E-state index in [0.29, 0.717) is 18.1 Å². The third kappa shape index (κ3) is 6.00. The van der Waals surface area contributed by atoms with E-state index in [2.05, 4.69) is 11.7 Å². The third-order valence-corrected chi connectivity index (χ3v) is 6.17. The Morgan fingerprint density at radius 3 is 2.03 bits per heavy atom. The third-order valence-electron chi connectivity index (χ3n) is 6.17. The minimum Gasteiger partial charge on any atom is -0.429 e. The lowest BCUT2D eigenvalue weighted by atomic mass is 9.78. The Hall–Kier alpha value is -2.55. The number of aryl methyl sites for hydroxylation is 1. The first-order valence-corrected chi connectivity index (χ1v) is 10.9. The summed E-state index contributed by atoms with van der Waals surface area (Å²) in [6.45, 7) is 2.23. The van der Waals surface area contributed by atoms with Crippen LogP contribution in [-0.4, -0.2) is 0 Å². The number of hydrogen-bond acceptors (Lipinski definition) is 2. The van der Waals surface area contributed by atoms with Crippen LogP contribution < -0.4 is 4.74 Å². The van der Waals surface area contributed by atoms with Gasteiger partial charge in [0, 0.05) is 12.1 Å². The standard InChI is InChI=1S/C25H27F4NO/c1-2-3-17-4-6-18(7-5-17)8-9-19-10-12-20(13-11-19)25(28,29)31-21-14-23(26)22(16-30)24(27)15-21/h10-15,17-18H,2-9H2,1H3. The van der Waals surface area contributed by atoms with Crippen LogP contribution in [0, 0.1) is 34.8 Å². The Morgan fingerprint density at radius 2 is 1.52 bits per heavy atom. The number of halogens is 4. The van der Waals surface area contributed by atoms with Gasteiger partial charge in [0.1, 0.15) is 29.0 Å². The molecule has 2 aromatic carbocycles. The van der Waals surface area contributed by atoms with Gasteiger partial charge in [0.2, 0.25) is 0 Å². The van der Waals surface area contributed by atoms with Gasteiger partial charge in [-0.05, 0) is 42.4 Å². The molecular weight excluding hydrogens is 406 g/mol. The quantitative estimate of drug-likeness (QED) is 0.404. The van der Waals surface area contributed by atoms with Crippen LogP contribution in [0.5, 0.6) is 5.75 Å². The van der Waals surface area contributed by atoms with Gasteiger partial charge in [-0.1, -0.05) is 57.6 Å². The SMILES string of the molecule is CCCC1CCC(CCc2ccc(C(F)(F)Oc3cc(F)c(C#N)c(F)c3)cc2)CC1. The summed E-state index contributed by atoms with van der Waals surface area (Å²) in [5.41, 5.74) is -0.258. The van der Waals surface area contributed by atoms with Gasteiger partial charge in [0.15, 0.2) is 0 Å². The highest BCUT2D eigenvalue weighted by atomic mass is 19.3. The van der Waals surface area contributed by atoms with E-state index in [9.17, 15) is 17.6 Å². The van der Waals surface area contributed by atoms with Crippen molar-refractivity contribution in [1.29, 1.82) is 5.26 Å². The molecule has 0 radical (unpaired) electrons. The number of alkyl halides is 2. The first-order valence-electron chi connectivity index (χ1n) is 10.9. The van der Waals surface area contributed by atoms with E-state index in [1.54, 1.807) is 12.1 Å². The monoisotopic (exact) mass is 433 g/mol. The van der Waals surface area contributed by atoms with E-state index in [-0.39, 0.29) is 0 Å². The molecule has 0 spiro atoms. The molecule has 166 valence electrons. The van der Waals surface area contributed by atoms with Crippen LogP contribution in [0.4, 0.5) is 17.6 Å². The highest BCUT2D eigenvalue weighted by Gasteiger charge is 2.35. The Balaban J connectivity index is 1.57. The van der Waals surface area contributed by atoms with Gasteiger partial charge in [0.25, 0.3) is 0 Å². The Kier molecular flexibility index (Phi) is 7.59. The predicted molar refractivity (Wildman–Crippen MR) is 111 cm³/mol. The number of ether oxygens (including phenoxy) is 1. The molecule has 31 heavy (non-hydrogen) atoms. The molecule has 0 N–H and O–H groups in total. The van der Waals surface area contributed by atoms with Gasteiger partial charge in [-0.2, -0.15) is 14.0 Å². The van der Waals surface area contributed by atoms with Crippen LogP contribution >= 0.6 is 0 Å². The maximum Gasteiger partial charge on any atom is 0.426 e. The van der Waals surface area contributed by atoms with Gasteiger partial charge in [-0.25, -0.2) is 8.78 Å². The molecule has 1 aliphatic carbocycles. The average molecular weight is 433 g/mol. The first kappa shape index (κ1) is 23.1. The van der Waals surface area contributed by atoms with E-state index in [4.69, 9.17) is 5.26 Å². The summed E-state index contributed by atoms with van der Waals surface area (Å²) in [6, 6.07) is 8.37. The molecule has 0 unspecified atom stereocenters. The predicted octanol–water partition coefficient (Wildman–Crippen LogP) is 7.50. The Bertz CT molecular complexity index is 889. The molecule has 0 aliphatic heterocycles. The van der Waals surface area contributed by atoms with E-state index >= 15 is 0 Å². The summed E-state index contributed by atoms with van der Waals surface area (Å²) in [4.78, 5) is 0. The Labute approximate surface area is 180 Å². The molecule has 2 aromatic rings. The average Bonchev–Trinajstić information content (AvgIpc) is 2.73. The first-order chi connectivity index (χ1) is 14.8. The zero-order valence-electron chi connectivity index (χ0n) is 17.6. The normalized spacial score (nSPS) is 19.1. The minimum absolute atomic E-state index is 0.401. The number of nitrogens with zero attached hydrogens (tertiary/aromatic N) is 1. The molecule has 3 rings (SSSR count). The number of hydrogen-bond donors (Lipinski definition) is 0. The van der Waals surface area contributed by atoms with Gasteiger partial charge >= 0.3 is 6.11 Å². The van der Waals surface area contributed by atoms with Crippen LogP contribution in [-0.2, 0) is 12.5 Å². The summed E-state index contributed by atoms with van der Waals surface area (Å²) in [7, 11) is 0. The highest BCUT2D eigenvalue weighted by Crippen LogP contribution is 2.35. The van der Waals surface area contributed by atoms with Gasteiger partial charge in [-0.3, -0.25) is 0 Å². The summed E-state index contributed by atoms with van der Waals surface area (Å²) < 4.78 is 60.8. The van der Waals surface area contributed by atoms with Crippen molar-refractivity contribution in [3.05, 3.63) is 64.7 Å². The van der Waals surface area contributed by atoms with Crippen molar-refractivity contribution in [2.45, 2.75) is 64.4 Å². The second-order valence-corrected chi connectivity index (χ2v) is 8.40. The lowest BCUT2D eigenvalue weighted by Crippen LogP contribution is -2.22. The number of nitriles is 1. The number of rotatable bonds is 8. The van der Waals surface area contributed by atoms with Crippen LogP contribution in [0.25, 0.3) is 0 Å². The smallest absolute Gasteiger partial charge is 0.426 e. The van der Waals surface area contributed by atoms with Crippen LogP contribution in [0.1, 0.15) is 68.6 Å². The molecule has 0 amide bonds. The van der Waals surface area contributed by atoms with E-state index in [0.717, 1.165) is 24.3 Å². The summed E-state index contributed by atoms with van der Waals surface area (Å²) in [6.07, 6.45) is 5.74. The van der Waals surface area contributed by atoms with Crippen molar-refractivity contribution in [2.24, 2.45) is 11.8 Å². The van der Waals surface area contributed by atoms with Crippen molar-refractivity contribution >= 4 is 0 Å². The topological polar surface area (TPSA) is 33.0 Å². The molecule has 0 aromatic heterocycles. The number of benzene rings is 2. The molecule has 0 heterocycles.